The molecule has 1 aliphatic heterocycles. The Hall–Kier alpha value is -2.73. The van der Waals surface area contributed by atoms with E-state index in [-0.39, 0.29) is 16.8 Å². The number of aromatic nitrogens is 1. The van der Waals surface area contributed by atoms with E-state index in [1.54, 1.807) is 32.2 Å². The lowest BCUT2D eigenvalue weighted by Crippen LogP contribution is -2.52. The zero-order valence-corrected chi connectivity index (χ0v) is 14.6. The first kappa shape index (κ1) is 16.7. The molecule has 2 heterocycles. The molecule has 0 saturated carbocycles. The van der Waals surface area contributed by atoms with Gasteiger partial charge in [0.05, 0.1) is 16.7 Å². The predicted molar refractivity (Wildman–Crippen MR) is 96.4 cm³/mol. The van der Waals surface area contributed by atoms with E-state index < -0.39 is 29.1 Å². The Morgan fingerprint density at radius 3 is 2.58 bits per heavy atom. The lowest BCUT2D eigenvalue weighted by Gasteiger charge is -2.37. The zero-order chi connectivity index (χ0) is 18.8. The second-order valence-electron chi connectivity index (χ2n) is 7.29. The average molecular weight is 356 g/mol. The van der Waals surface area contributed by atoms with Crippen molar-refractivity contribution in [1.82, 2.24) is 4.98 Å². The van der Waals surface area contributed by atoms with Gasteiger partial charge in [-0.2, -0.15) is 0 Å². The van der Waals surface area contributed by atoms with Gasteiger partial charge in [-0.1, -0.05) is 18.2 Å². The summed E-state index contributed by atoms with van der Waals surface area (Å²) in [6, 6.07) is 6.62. The summed E-state index contributed by atoms with van der Waals surface area (Å²) >= 11 is 0. The van der Waals surface area contributed by atoms with Crippen LogP contribution in [0.4, 0.5) is 14.5 Å². The van der Waals surface area contributed by atoms with E-state index in [0.717, 1.165) is 10.9 Å². The number of aliphatic hydroxyl groups excluding tert-OH is 1. The average Bonchev–Trinajstić information content (AvgIpc) is 2.98. The Morgan fingerprint density at radius 2 is 1.85 bits per heavy atom. The minimum absolute atomic E-state index is 0.0178. The first-order chi connectivity index (χ1) is 12.2. The molecule has 0 fully saturated rings. The van der Waals surface area contributed by atoms with Crippen LogP contribution < -0.4 is 5.32 Å². The number of carbonyl (C=O) groups excluding carboxylic acids is 1. The molecule has 1 aromatic heterocycles. The first-order valence-corrected chi connectivity index (χ1v) is 8.32. The van der Waals surface area contributed by atoms with Gasteiger partial charge < -0.3 is 15.4 Å². The summed E-state index contributed by atoms with van der Waals surface area (Å²) in [6.07, 6.45) is 0.441. The number of ketones is 1. The van der Waals surface area contributed by atoms with E-state index >= 15 is 0 Å². The number of aliphatic hydroxyl groups is 1. The number of rotatable bonds is 1. The van der Waals surface area contributed by atoms with E-state index in [4.69, 9.17) is 0 Å². The van der Waals surface area contributed by atoms with Gasteiger partial charge in [0.1, 0.15) is 6.10 Å². The molecular formula is C20H18F2N2O2. The van der Waals surface area contributed by atoms with Crippen molar-refractivity contribution in [3.63, 3.8) is 0 Å². The number of para-hydroxylation sites is 1. The highest BCUT2D eigenvalue weighted by molar-refractivity contribution is 6.09. The number of aryl methyl sites for hydroxylation is 1. The molecule has 1 atom stereocenters. The SMILES string of the molecule is Cc1c[nH]c2c(-c3cc4c(c(F)c3F)NC(C)(C)C(O)C4=O)cccc12. The topological polar surface area (TPSA) is 65.1 Å². The molecule has 3 N–H and O–H groups in total. The van der Waals surface area contributed by atoms with Crippen LogP contribution in [0.5, 0.6) is 0 Å². The minimum atomic E-state index is -1.35. The third-order valence-electron chi connectivity index (χ3n) is 5.06. The number of carbonyl (C=O) groups is 1. The maximum atomic E-state index is 14.9. The summed E-state index contributed by atoms with van der Waals surface area (Å²) in [5.74, 6) is -2.78. The summed E-state index contributed by atoms with van der Waals surface area (Å²) in [7, 11) is 0. The fourth-order valence-electron chi connectivity index (χ4n) is 3.52. The predicted octanol–water partition coefficient (Wildman–Crippen LogP) is 4.17. The highest BCUT2D eigenvalue weighted by atomic mass is 19.2. The number of benzene rings is 2. The van der Waals surface area contributed by atoms with Crippen LogP contribution in [0, 0.1) is 18.6 Å². The molecule has 26 heavy (non-hydrogen) atoms. The van der Waals surface area contributed by atoms with Crippen molar-refractivity contribution in [2.24, 2.45) is 0 Å². The number of Topliss-reactive ketones (excluding diaryl/α,β-unsaturated/α-hetero) is 1. The molecule has 1 unspecified atom stereocenters. The number of nitrogens with one attached hydrogen (secondary N) is 2. The second kappa shape index (κ2) is 5.38. The van der Waals surface area contributed by atoms with Crippen molar-refractivity contribution in [1.29, 1.82) is 0 Å². The third kappa shape index (κ3) is 2.18. The van der Waals surface area contributed by atoms with Gasteiger partial charge in [0.2, 0.25) is 0 Å². The van der Waals surface area contributed by atoms with Gasteiger partial charge in [-0.3, -0.25) is 4.79 Å². The number of halogens is 2. The fraction of sp³-hybridized carbons (Fsp3) is 0.250. The van der Waals surface area contributed by atoms with E-state index in [9.17, 15) is 18.7 Å². The normalized spacial score (nSPS) is 18.7. The van der Waals surface area contributed by atoms with Crippen LogP contribution in [0.3, 0.4) is 0 Å². The highest BCUT2D eigenvalue weighted by Crippen LogP contribution is 2.40. The van der Waals surface area contributed by atoms with Gasteiger partial charge >= 0.3 is 0 Å². The van der Waals surface area contributed by atoms with E-state index in [1.165, 1.54) is 6.07 Å². The molecule has 4 rings (SSSR count). The van der Waals surface area contributed by atoms with Crippen LogP contribution in [-0.2, 0) is 0 Å². The van der Waals surface area contributed by atoms with Crippen LogP contribution >= 0.6 is 0 Å². The van der Waals surface area contributed by atoms with Crippen molar-refractivity contribution in [2.75, 3.05) is 5.32 Å². The Bertz CT molecular complexity index is 1070. The number of H-pyrrole nitrogens is 1. The van der Waals surface area contributed by atoms with Crippen molar-refractivity contribution in [3.8, 4) is 11.1 Å². The maximum Gasteiger partial charge on any atom is 0.195 e. The zero-order valence-electron chi connectivity index (χ0n) is 14.6. The molecule has 1 aliphatic rings. The van der Waals surface area contributed by atoms with Crippen molar-refractivity contribution < 1.29 is 18.7 Å². The van der Waals surface area contributed by atoms with Gasteiger partial charge in [0.15, 0.2) is 17.4 Å². The van der Waals surface area contributed by atoms with Crippen LogP contribution in [0.2, 0.25) is 0 Å². The van der Waals surface area contributed by atoms with E-state index in [0.29, 0.717) is 11.1 Å². The smallest absolute Gasteiger partial charge is 0.195 e. The van der Waals surface area contributed by atoms with E-state index in [2.05, 4.69) is 10.3 Å². The third-order valence-corrected chi connectivity index (χ3v) is 5.06. The molecule has 0 radical (unpaired) electrons. The first-order valence-electron chi connectivity index (χ1n) is 8.32. The molecule has 2 aromatic carbocycles. The summed E-state index contributed by atoms with van der Waals surface area (Å²) in [5, 5.41) is 13.9. The van der Waals surface area contributed by atoms with Crippen LogP contribution in [0.15, 0.2) is 30.5 Å². The van der Waals surface area contributed by atoms with Crippen LogP contribution in [-0.4, -0.2) is 27.5 Å². The summed E-state index contributed by atoms with van der Waals surface area (Å²) in [6.45, 7) is 5.04. The molecule has 0 saturated heterocycles. The molecule has 0 bridgehead atoms. The van der Waals surface area contributed by atoms with Gasteiger partial charge in [-0.15, -0.1) is 0 Å². The van der Waals surface area contributed by atoms with Gasteiger partial charge in [-0.05, 0) is 32.4 Å². The lowest BCUT2D eigenvalue weighted by molar-refractivity contribution is 0.0603. The summed E-state index contributed by atoms with van der Waals surface area (Å²) < 4.78 is 29.7. The van der Waals surface area contributed by atoms with Gasteiger partial charge in [-0.25, -0.2) is 8.78 Å². The number of fused-ring (bicyclic) bond motifs is 2. The largest absolute Gasteiger partial charge is 0.382 e. The number of hydrogen-bond acceptors (Lipinski definition) is 3. The van der Waals surface area contributed by atoms with Crippen molar-refractivity contribution >= 4 is 22.4 Å². The Labute approximate surface area is 148 Å². The molecule has 0 amide bonds. The molecule has 134 valence electrons. The number of aromatic amines is 1. The Morgan fingerprint density at radius 1 is 1.12 bits per heavy atom. The van der Waals surface area contributed by atoms with E-state index in [1.807, 2.05) is 13.0 Å². The quantitative estimate of drug-likeness (QED) is 0.613. The summed E-state index contributed by atoms with van der Waals surface area (Å²) in [5.41, 5.74) is 0.746. The number of hydrogen-bond donors (Lipinski definition) is 3. The summed E-state index contributed by atoms with van der Waals surface area (Å²) in [4.78, 5) is 15.6. The second-order valence-corrected chi connectivity index (χ2v) is 7.29. The molecule has 0 aliphatic carbocycles. The highest BCUT2D eigenvalue weighted by Gasteiger charge is 2.42. The van der Waals surface area contributed by atoms with Crippen LogP contribution in [0.1, 0.15) is 29.8 Å². The van der Waals surface area contributed by atoms with Crippen molar-refractivity contribution in [2.45, 2.75) is 32.4 Å². The van der Waals surface area contributed by atoms with Gasteiger partial charge in [0.25, 0.3) is 0 Å². The maximum absolute atomic E-state index is 14.9. The van der Waals surface area contributed by atoms with Crippen LogP contribution in [0.25, 0.3) is 22.0 Å². The molecule has 0 spiro atoms. The fourth-order valence-corrected chi connectivity index (χ4v) is 3.52. The standard InChI is InChI=1S/C20H18F2N2O2/c1-9-8-23-16-10(9)5-4-6-11(16)12-7-13-17(15(22)14(12)21)24-20(2,3)19(26)18(13)25/h4-8,19,23-24,26H,1-3H3. The molecular weight excluding hydrogens is 338 g/mol. The lowest BCUT2D eigenvalue weighted by atomic mass is 9.84. The Balaban J connectivity index is 2.01. The van der Waals surface area contributed by atoms with Gasteiger partial charge in [0, 0.05) is 28.3 Å². The number of anilines is 1. The monoisotopic (exact) mass is 356 g/mol. The minimum Gasteiger partial charge on any atom is -0.382 e. The molecule has 6 heteroatoms. The Kier molecular flexibility index (Phi) is 3.46. The van der Waals surface area contributed by atoms with Crippen molar-refractivity contribution in [3.05, 3.63) is 53.2 Å². The molecule has 4 nitrogen and oxygen atoms in total. The molecule has 3 aromatic rings.